The molecule has 0 aromatic rings. The van der Waals surface area contributed by atoms with E-state index in [-0.39, 0.29) is 11.7 Å². The van der Waals surface area contributed by atoms with Crippen molar-refractivity contribution in [2.75, 3.05) is 0 Å². The van der Waals surface area contributed by atoms with Gasteiger partial charge in [0.15, 0.2) is 0 Å². The van der Waals surface area contributed by atoms with E-state index in [1.165, 1.54) is 12.8 Å². The van der Waals surface area contributed by atoms with Crippen molar-refractivity contribution in [1.82, 2.24) is 0 Å². The van der Waals surface area contributed by atoms with Crippen LogP contribution in [0.3, 0.4) is 0 Å². The molecule has 88 valence electrons. The number of rotatable bonds is 4. The summed E-state index contributed by atoms with van der Waals surface area (Å²) in [6.07, 6.45) is 11.5. The zero-order valence-electron chi connectivity index (χ0n) is 10.3. The molecule has 2 aliphatic carbocycles. The highest BCUT2D eigenvalue weighted by Gasteiger charge is 2.24. The standard InChI is InChI=1S/C15H21F/c1-3-14-13(5-4-6-15(14)16)8-7-11(2)12-9-10-12/h4-6,13-14H,3,7-10H2,1-2H3. The van der Waals surface area contributed by atoms with Gasteiger partial charge in [0.25, 0.3) is 0 Å². The minimum Gasteiger partial charge on any atom is -0.212 e. The van der Waals surface area contributed by atoms with Crippen LogP contribution in [0.15, 0.2) is 35.2 Å². The van der Waals surface area contributed by atoms with E-state index in [1.807, 2.05) is 6.08 Å². The van der Waals surface area contributed by atoms with Crippen molar-refractivity contribution in [3.05, 3.63) is 35.2 Å². The first-order chi connectivity index (χ1) is 7.72. The summed E-state index contributed by atoms with van der Waals surface area (Å²) in [6.45, 7) is 4.32. The SMILES string of the molecule is CCC1C(F)=CC=CC1CCC(C)=C1CC1. The molecule has 0 aliphatic heterocycles. The fourth-order valence-electron chi connectivity index (χ4n) is 2.60. The maximum absolute atomic E-state index is 13.6. The minimum absolute atomic E-state index is 0.0757. The number of hydrogen-bond acceptors (Lipinski definition) is 0. The van der Waals surface area contributed by atoms with E-state index in [0.717, 1.165) is 19.3 Å². The molecule has 2 aliphatic rings. The van der Waals surface area contributed by atoms with Gasteiger partial charge < -0.3 is 0 Å². The molecule has 0 bridgehead atoms. The van der Waals surface area contributed by atoms with Gasteiger partial charge in [-0.3, -0.25) is 0 Å². The molecule has 0 N–H and O–H groups in total. The van der Waals surface area contributed by atoms with Gasteiger partial charge in [0.1, 0.15) is 5.83 Å². The van der Waals surface area contributed by atoms with Crippen LogP contribution in [0.25, 0.3) is 0 Å². The lowest BCUT2D eigenvalue weighted by Crippen LogP contribution is -2.15. The Morgan fingerprint density at radius 3 is 2.81 bits per heavy atom. The Hall–Kier alpha value is -0.850. The zero-order valence-corrected chi connectivity index (χ0v) is 10.3. The lowest BCUT2D eigenvalue weighted by atomic mass is 9.82. The van der Waals surface area contributed by atoms with Gasteiger partial charge in [-0.2, -0.15) is 0 Å². The Labute approximate surface area is 97.9 Å². The Bertz CT molecular complexity index is 340. The van der Waals surface area contributed by atoms with Gasteiger partial charge in [0.2, 0.25) is 0 Å². The molecule has 0 heterocycles. The smallest absolute Gasteiger partial charge is 0.104 e. The monoisotopic (exact) mass is 220 g/mol. The molecule has 0 aromatic heterocycles. The largest absolute Gasteiger partial charge is 0.212 e. The summed E-state index contributed by atoms with van der Waals surface area (Å²) in [4.78, 5) is 0. The third-order valence-corrected chi connectivity index (χ3v) is 3.88. The van der Waals surface area contributed by atoms with Gasteiger partial charge in [0, 0.05) is 5.92 Å². The predicted octanol–water partition coefficient (Wildman–Crippen LogP) is 4.94. The topological polar surface area (TPSA) is 0 Å². The average molecular weight is 220 g/mol. The number of allylic oxidation sites excluding steroid dienone is 6. The van der Waals surface area contributed by atoms with Crippen LogP contribution in [0.1, 0.15) is 46.0 Å². The van der Waals surface area contributed by atoms with Crippen LogP contribution < -0.4 is 0 Å². The predicted molar refractivity (Wildman–Crippen MR) is 66.8 cm³/mol. The Balaban J connectivity index is 1.91. The van der Waals surface area contributed by atoms with Crippen molar-refractivity contribution in [3.63, 3.8) is 0 Å². The molecule has 2 atom stereocenters. The highest BCUT2D eigenvalue weighted by molar-refractivity contribution is 5.24. The van der Waals surface area contributed by atoms with Crippen molar-refractivity contribution in [3.8, 4) is 0 Å². The molecule has 0 nitrogen and oxygen atoms in total. The fraction of sp³-hybridized carbons (Fsp3) is 0.600. The molecular weight excluding hydrogens is 199 g/mol. The highest BCUT2D eigenvalue weighted by atomic mass is 19.1. The molecule has 1 saturated carbocycles. The number of hydrogen-bond donors (Lipinski definition) is 0. The molecule has 0 saturated heterocycles. The van der Waals surface area contributed by atoms with Gasteiger partial charge in [-0.25, -0.2) is 4.39 Å². The van der Waals surface area contributed by atoms with Gasteiger partial charge in [0.05, 0.1) is 0 Å². The van der Waals surface area contributed by atoms with Gasteiger partial charge in [-0.15, -0.1) is 0 Å². The zero-order chi connectivity index (χ0) is 11.5. The molecule has 1 fully saturated rings. The van der Waals surface area contributed by atoms with E-state index in [0.29, 0.717) is 5.92 Å². The molecule has 2 unspecified atom stereocenters. The van der Waals surface area contributed by atoms with Crippen LogP contribution in [0, 0.1) is 11.8 Å². The van der Waals surface area contributed by atoms with Crippen molar-refractivity contribution >= 4 is 0 Å². The molecule has 0 aromatic carbocycles. The van der Waals surface area contributed by atoms with Gasteiger partial charge >= 0.3 is 0 Å². The second kappa shape index (κ2) is 4.99. The summed E-state index contributed by atoms with van der Waals surface area (Å²) < 4.78 is 13.6. The molecule has 0 amide bonds. The molecule has 2 rings (SSSR count). The quantitative estimate of drug-likeness (QED) is 0.588. The summed E-state index contributed by atoms with van der Waals surface area (Å²) in [5, 5.41) is 0. The van der Waals surface area contributed by atoms with Crippen LogP contribution in [0.4, 0.5) is 4.39 Å². The summed E-state index contributed by atoms with van der Waals surface area (Å²) >= 11 is 0. The molecule has 0 spiro atoms. The van der Waals surface area contributed by atoms with Crippen molar-refractivity contribution in [2.45, 2.75) is 46.0 Å². The van der Waals surface area contributed by atoms with Crippen molar-refractivity contribution < 1.29 is 4.39 Å². The van der Waals surface area contributed by atoms with Crippen LogP contribution in [0.5, 0.6) is 0 Å². The Morgan fingerprint density at radius 2 is 2.19 bits per heavy atom. The van der Waals surface area contributed by atoms with E-state index in [9.17, 15) is 4.39 Å². The van der Waals surface area contributed by atoms with Gasteiger partial charge in [-0.1, -0.05) is 30.2 Å². The van der Waals surface area contributed by atoms with E-state index < -0.39 is 0 Å². The third kappa shape index (κ3) is 2.63. The van der Waals surface area contributed by atoms with Crippen LogP contribution >= 0.6 is 0 Å². The van der Waals surface area contributed by atoms with Crippen LogP contribution in [-0.4, -0.2) is 0 Å². The second-order valence-electron chi connectivity index (χ2n) is 5.04. The van der Waals surface area contributed by atoms with Crippen LogP contribution in [-0.2, 0) is 0 Å². The van der Waals surface area contributed by atoms with Crippen molar-refractivity contribution in [1.29, 1.82) is 0 Å². The number of halogens is 1. The Kier molecular flexibility index (Phi) is 3.63. The van der Waals surface area contributed by atoms with E-state index in [1.54, 1.807) is 17.2 Å². The first kappa shape index (κ1) is 11.6. The minimum atomic E-state index is 0.0757. The van der Waals surface area contributed by atoms with Gasteiger partial charge in [-0.05, 0) is 51.0 Å². The maximum atomic E-state index is 13.6. The summed E-state index contributed by atoms with van der Waals surface area (Å²) in [7, 11) is 0. The van der Waals surface area contributed by atoms with E-state index in [4.69, 9.17) is 0 Å². The molecule has 16 heavy (non-hydrogen) atoms. The fourth-order valence-corrected chi connectivity index (χ4v) is 2.60. The third-order valence-electron chi connectivity index (χ3n) is 3.88. The first-order valence-electron chi connectivity index (χ1n) is 6.43. The second-order valence-corrected chi connectivity index (χ2v) is 5.04. The average Bonchev–Trinajstić information content (AvgIpc) is 3.09. The summed E-state index contributed by atoms with van der Waals surface area (Å²) in [5.41, 5.74) is 3.20. The van der Waals surface area contributed by atoms with E-state index >= 15 is 0 Å². The highest BCUT2D eigenvalue weighted by Crippen LogP contribution is 2.37. The maximum Gasteiger partial charge on any atom is 0.104 e. The molecule has 0 radical (unpaired) electrons. The Morgan fingerprint density at radius 1 is 1.44 bits per heavy atom. The normalized spacial score (nSPS) is 27.9. The van der Waals surface area contributed by atoms with Crippen molar-refractivity contribution in [2.24, 2.45) is 11.8 Å². The molecular formula is C15H21F. The summed E-state index contributed by atoms with van der Waals surface area (Å²) in [5.74, 6) is 0.609. The lowest BCUT2D eigenvalue weighted by Gasteiger charge is -2.24. The van der Waals surface area contributed by atoms with Crippen LogP contribution in [0.2, 0.25) is 0 Å². The summed E-state index contributed by atoms with van der Waals surface area (Å²) in [6, 6.07) is 0. The first-order valence-corrected chi connectivity index (χ1v) is 6.43. The molecule has 1 heteroatoms. The lowest BCUT2D eigenvalue weighted by molar-refractivity contribution is 0.345. The van der Waals surface area contributed by atoms with E-state index in [2.05, 4.69) is 19.9 Å².